The van der Waals surface area contributed by atoms with Crippen molar-refractivity contribution in [2.45, 2.75) is 0 Å². The molecule has 0 fully saturated rings. The average Bonchev–Trinajstić information content (AvgIpc) is 3.27. The molecule has 30 heavy (non-hydrogen) atoms. The number of nitrogens with zero attached hydrogens (tertiary/aromatic N) is 2. The Hall–Kier alpha value is -4.25. The fraction of sp³-hybridized carbons (Fsp3) is 0. The first kappa shape index (κ1) is 17.8. The maximum atomic E-state index is 12.4. The molecule has 0 radical (unpaired) electrons. The summed E-state index contributed by atoms with van der Waals surface area (Å²) < 4.78 is 0. The largest absolute Gasteiger partial charge is 0.305 e. The number of hydrogen-bond acceptors (Lipinski definition) is 3. The van der Waals surface area contributed by atoms with Crippen molar-refractivity contribution in [3.05, 3.63) is 103 Å². The van der Waals surface area contributed by atoms with E-state index >= 15 is 0 Å². The molecule has 5 nitrogen and oxygen atoms in total. The summed E-state index contributed by atoms with van der Waals surface area (Å²) in [6.45, 7) is 0. The number of pyridine rings is 1. The molecule has 2 aromatic heterocycles. The van der Waals surface area contributed by atoms with Crippen LogP contribution in [0.5, 0.6) is 0 Å². The molecule has 0 spiro atoms. The van der Waals surface area contributed by atoms with E-state index in [2.05, 4.69) is 15.5 Å². The summed E-state index contributed by atoms with van der Waals surface area (Å²) in [4.78, 5) is 17.3. The lowest BCUT2D eigenvalue weighted by Crippen LogP contribution is -2.11. The van der Waals surface area contributed by atoms with Crippen LogP contribution in [0.2, 0.25) is 0 Å². The SMILES string of the molecule is O=C(Nc1cc(-c2cc(-c3ccccc3)nc3ccccc23)[nH]n1)c1ccccc1. The fourth-order valence-corrected chi connectivity index (χ4v) is 3.46. The normalized spacial score (nSPS) is 10.8. The Morgan fingerprint density at radius 3 is 2.30 bits per heavy atom. The molecule has 0 saturated heterocycles. The molecule has 2 N–H and O–H groups in total. The lowest BCUT2D eigenvalue weighted by atomic mass is 10.0. The maximum Gasteiger partial charge on any atom is 0.256 e. The maximum absolute atomic E-state index is 12.4. The number of aromatic nitrogens is 3. The van der Waals surface area contributed by atoms with E-state index in [4.69, 9.17) is 4.98 Å². The third kappa shape index (κ3) is 3.44. The molecule has 0 bridgehead atoms. The van der Waals surface area contributed by atoms with Gasteiger partial charge in [0, 0.05) is 28.1 Å². The molecule has 5 rings (SSSR count). The quantitative estimate of drug-likeness (QED) is 0.423. The summed E-state index contributed by atoms with van der Waals surface area (Å²) in [5, 5.41) is 11.2. The Bertz CT molecular complexity index is 1330. The number of fused-ring (bicyclic) bond motifs is 1. The summed E-state index contributed by atoms with van der Waals surface area (Å²) >= 11 is 0. The molecule has 0 unspecified atom stereocenters. The second-order valence-corrected chi connectivity index (χ2v) is 6.93. The Morgan fingerprint density at radius 1 is 0.800 bits per heavy atom. The lowest BCUT2D eigenvalue weighted by molar-refractivity contribution is 0.102. The van der Waals surface area contributed by atoms with Gasteiger partial charge in [0.2, 0.25) is 0 Å². The zero-order valence-corrected chi connectivity index (χ0v) is 16.0. The number of aromatic amines is 1. The van der Waals surface area contributed by atoms with Crippen LogP contribution < -0.4 is 5.32 Å². The number of carbonyl (C=O) groups is 1. The second kappa shape index (κ2) is 7.64. The Morgan fingerprint density at radius 2 is 1.50 bits per heavy atom. The molecular weight excluding hydrogens is 372 g/mol. The minimum Gasteiger partial charge on any atom is -0.305 e. The van der Waals surface area contributed by atoms with Crippen molar-refractivity contribution in [1.82, 2.24) is 15.2 Å². The van der Waals surface area contributed by atoms with Gasteiger partial charge < -0.3 is 5.32 Å². The number of anilines is 1. The Kier molecular flexibility index (Phi) is 4.54. The van der Waals surface area contributed by atoms with Crippen molar-refractivity contribution < 1.29 is 4.79 Å². The van der Waals surface area contributed by atoms with Crippen LogP contribution >= 0.6 is 0 Å². The molecule has 5 heteroatoms. The smallest absolute Gasteiger partial charge is 0.256 e. The first-order chi connectivity index (χ1) is 14.8. The summed E-state index contributed by atoms with van der Waals surface area (Å²) in [5.41, 5.74) is 5.21. The topological polar surface area (TPSA) is 70.7 Å². The van der Waals surface area contributed by atoms with Gasteiger partial charge in [-0.2, -0.15) is 5.10 Å². The monoisotopic (exact) mass is 390 g/mol. The summed E-state index contributed by atoms with van der Waals surface area (Å²) in [6, 6.07) is 31.0. The molecule has 0 aliphatic carbocycles. The van der Waals surface area contributed by atoms with Crippen LogP contribution in [0.25, 0.3) is 33.4 Å². The van der Waals surface area contributed by atoms with Crippen LogP contribution in [0.15, 0.2) is 97.1 Å². The third-order valence-electron chi connectivity index (χ3n) is 4.93. The number of benzene rings is 3. The highest BCUT2D eigenvalue weighted by Gasteiger charge is 2.13. The molecule has 1 amide bonds. The van der Waals surface area contributed by atoms with E-state index in [-0.39, 0.29) is 5.91 Å². The minimum absolute atomic E-state index is 0.196. The summed E-state index contributed by atoms with van der Waals surface area (Å²) in [6.07, 6.45) is 0. The zero-order chi connectivity index (χ0) is 20.3. The Balaban J connectivity index is 1.54. The second-order valence-electron chi connectivity index (χ2n) is 6.93. The van der Waals surface area contributed by atoms with Gasteiger partial charge in [-0.3, -0.25) is 9.89 Å². The number of amides is 1. The number of H-pyrrole nitrogens is 1. The van der Waals surface area contributed by atoms with Crippen LogP contribution in [0.4, 0.5) is 5.82 Å². The van der Waals surface area contributed by atoms with Crippen LogP contribution in [0.3, 0.4) is 0 Å². The van der Waals surface area contributed by atoms with Crippen LogP contribution in [0.1, 0.15) is 10.4 Å². The van der Waals surface area contributed by atoms with Crippen molar-refractivity contribution >= 4 is 22.6 Å². The highest BCUT2D eigenvalue weighted by molar-refractivity contribution is 6.04. The zero-order valence-electron chi connectivity index (χ0n) is 16.0. The first-order valence-electron chi connectivity index (χ1n) is 9.65. The summed E-state index contributed by atoms with van der Waals surface area (Å²) in [5.74, 6) is 0.277. The van der Waals surface area contributed by atoms with E-state index in [0.29, 0.717) is 11.4 Å². The molecule has 2 heterocycles. The molecule has 144 valence electrons. The van der Waals surface area contributed by atoms with Crippen molar-refractivity contribution in [1.29, 1.82) is 0 Å². The van der Waals surface area contributed by atoms with Gasteiger partial charge in [-0.05, 0) is 24.3 Å². The first-order valence-corrected chi connectivity index (χ1v) is 9.65. The van der Waals surface area contributed by atoms with E-state index in [1.54, 1.807) is 12.1 Å². The molecule has 0 saturated carbocycles. The van der Waals surface area contributed by atoms with E-state index < -0.39 is 0 Å². The molecular formula is C25H18N4O. The van der Waals surface area contributed by atoms with E-state index in [0.717, 1.165) is 33.4 Å². The molecule has 0 aliphatic heterocycles. The average molecular weight is 390 g/mol. The molecule has 0 aliphatic rings. The van der Waals surface area contributed by atoms with Gasteiger partial charge in [0.05, 0.1) is 16.9 Å². The van der Waals surface area contributed by atoms with Crippen LogP contribution in [0, 0.1) is 0 Å². The highest BCUT2D eigenvalue weighted by atomic mass is 16.1. The molecule has 0 atom stereocenters. The minimum atomic E-state index is -0.196. The van der Waals surface area contributed by atoms with E-state index in [9.17, 15) is 4.79 Å². The van der Waals surface area contributed by atoms with Crippen molar-refractivity contribution in [3.63, 3.8) is 0 Å². The van der Waals surface area contributed by atoms with Crippen molar-refractivity contribution in [3.8, 4) is 22.5 Å². The number of nitrogens with one attached hydrogen (secondary N) is 2. The lowest BCUT2D eigenvalue weighted by Gasteiger charge is -2.08. The van der Waals surface area contributed by atoms with Crippen LogP contribution in [-0.2, 0) is 0 Å². The van der Waals surface area contributed by atoms with E-state index in [1.165, 1.54) is 0 Å². The van der Waals surface area contributed by atoms with Gasteiger partial charge in [-0.25, -0.2) is 4.98 Å². The summed E-state index contributed by atoms with van der Waals surface area (Å²) in [7, 11) is 0. The number of rotatable bonds is 4. The van der Waals surface area contributed by atoms with Crippen molar-refractivity contribution in [2.24, 2.45) is 0 Å². The predicted molar refractivity (Wildman–Crippen MR) is 119 cm³/mol. The van der Waals surface area contributed by atoms with Gasteiger partial charge >= 0.3 is 0 Å². The van der Waals surface area contributed by atoms with Crippen LogP contribution in [-0.4, -0.2) is 21.1 Å². The predicted octanol–water partition coefficient (Wildman–Crippen LogP) is 5.54. The number of para-hydroxylation sites is 1. The van der Waals surface area contributed by atoms with Gasteiger partial charge in [0.25, 0.3) is 5.91 Å². The number of hydrogen-bond donors (Lipinski definition) is 2. The molecule has 5 aromatic rings. The highest BCUT2D eigenvalue weighted by Crippen LogP contribution is 2.32. The number of carbonyl (C=O) groups excluding carboxylic acids is 1. The van der Waals surface area contributed by atoms with Crippen molar-refractivity contribution in [2.75, 3.05) is 5.32 Å². The van der Waals surface area contributed by atoms with E-state index in [1.807, 2.05) is 84.9 Å². The standard InChI is InChI=1S/C25H18N4O/c30-25(18-11-5-2-6-12-18)27-24-16-23(28-29-24)20-15-22(17-9-3-1-4-10-17)26-21-14-8-7-13-19(20)21/h1-16H,(H2,27,28,29,30). The Labute approximate surface area is 173 Å². The van der Waals surface area contributed by atoms with Gasteiger partial charge in [0.1, 0.15) is 0 Å². The fourth-order valence-electron chi connectivity index (χ4n) is 3.46. The molecule has 3 aromatic carbocycles. The third-order valence-corrected chi connectivity index (χ3v) is 4.93. The van der Waals surface area contributed by atoms with Gasteiger partial charge in [-0.1, -0.05) is 66.7 Å². The van der Waals surface area contributed by atoms with Gasteiger partial charge in [0.15, 0.2) is 5.82 Å². The van der Waals surface area contributed by atoms with Gasteiger partial charge in [-0.15, -0.1) is 0 Å².